The van der Waals surface area contributed by atoms with Crippen molar-refractivity contribution in [3.8, 4) is 5.75 Å². The predicted molar refractivity (Wildman–Crippen MR) is 53.7 cm³/mol. The first-order valence-electron chi connectivity index (χ1n) is 4.66. The summed E-state index contributed by atoms with van der Waals surface area (Å²) >= 11 is 0. The maximum absolute atomic E-state index is 11.7. The second-order valence-corrected chi connectivity index (χ2v) is 3.53. The minimum Gasteiger partial charge on any atom is -0.497 e. The number of carbonyl (C=O) groups is 1. The molecule has 0 unspecified atom stereocenters. The van der Waals surface area contributed by atoms with Crippen molar-refractivity contribution < 1.29 is 9.53 Å². The molecular weight excluding hydrogens is 178 g/mol. The van der Waals surface area contributed by atoms with E-state index in [1.54, 1.807) is 31.4 Å². The molecule has 0 bridgehead atoms. The van der Waals surface area contributed by atoms with Crippen LogP contribution in [0.1, 0.15) is 17.3 Å². The Bertz CT molecular complexity index is 345. The van der Waals surface area contributed by atoms with Gasteiger partial charge in [-0.2, -0.15) is 0 Å². The van der Waals surface area contributed by atoms with Crippen LogP contribution in [0.25, 0.3) is 0 Å². The fourth-order valence-electron chi connectivity index (χ4n) is 1.47. The predicted octanol–water partition coefficient (Wildman–Crippen LogP) is 1.24. The maximum atomic E-state index is 11.7. The van der Waals surface area contributed by atoms with Crippen molar-refractivity contribution in [3.05, 3.63) is 29.8 Å². The van der Waals surface area contributed by atoms with Gasteiger partial charge in [0.1, 0.15) is 5.75 Å². The van der Waals surface area contributed by atoms with Crippen molar-refractivity contribution in [2.24, 2.45) is 0 Å². The van der Waals surface area contributed by atoms with E-state index in [0.29, 0.717) is 6.04 Å². The third kappa shape index (κ3) is 1.63. The number of Topliss-reactive ketones (excluding diaryl/α,β-unsaturated/α-hetero) is 1. The zero-order chi connectivity index (χ0) is 10.1. The number of nitrogens with one attached hydrogen (secondary N) is 1. The lowest BCUT2D eigenvalue weighted by Gasteiger charge is -2.01. The SMILES string of the molecule is COc1ccc(C(=O)[C@H]2N[C@@H]2C)cc1. The van der Waals surface area contributed by atoms with Crippen molar-refractivity contribution >= 4 is 5.78 Å². The van der Waals surface area contributed by atoms with E-state index in [1.807, 2.05) is 6.92 Å². The highest BCUT2D eigenvalue weighted by molar-refractivity contribution is 6.02. The van der Waals surface area contributed by atoms with Crippen LogP contribution in [-0.2, 0) is 0 Å². The number of benzene rings is 1. The summed E-state index contributed by atoms with van der Waals surface area (Å²) < 4.78 is 5.02. The van der Waals surface area contributed by atoms with Gasteiger partial charge in [0.05, 0.1) is 13.2 Å². The first kappa shape index (κ1) is 9.21. The van der Waals surface area contributed by atoms with E-state index in [-0.39, 0.29) is 11.8 Å². The van der Waals surface area contributed by atoms with E-state index in [2.05, 4.69) is 5.32 Å². The zero-order valence-electron chi connectivity index (χ0n) is 8.28. The van der Waals surface area contributed by atoms with Crippen LogP contribution < -0.4 is 10.1 Å². The van der Waals surface area contributed by atoms with E-state index < -0.39 is 0 Å². The van der Waals surface area contributed by atoms with Gasteiger partial charge in [-0.05, 0) is 31.2 Å². The molecular formula is C11H13NO2. The number of rotatable bonds is 3. The number of hydrogen-bond acceptors (Lipinski definition) is 3. The molecule has 0 amide bonds. The highest BCUT2D eigenvalue weighted by atomic mass is 16.5. The second-order valence-electron chi connectivity index (χ2n) is 3.53. The Morgan fingerprint density at radius 1 is 1.36 bits per heavy atom. The molecule has 1 aromatic carbocycles. The third-order valence-corrected chi connectivity index (χ3v) is 2.49. The number of ketones is 1. The molecule has 2 atom stereocenters. The average Bonchev–Trinajstić information content (AvgIpc) is 2.95. The first-order valence-corrected chi connectivity index (χ1v) is 4.66. The summed E-state index contributed by atoms with van der Waals surface area (Å²) in [5.41, 5.74) is 0.743. The summed E-state index contributed by atoms with van der Waals surface area (Å²) in [7, 11) is 1.61. The molecule has 1 aromatic rings. The Kier molecular flexibility index (Phi) is 2.25. The molecule has 1 aliphatic rings. The van der Waals surface area contributed by atoms with Gasteiger partial charge in [0, 0.05) is 11.6 Å². The molecule has 1 saturated heterocycles. The monoisotopic (exact) mass is 191 g/mol. The Hall–Kier alpha value is -1.35. The topological polar surface area (TPSA) is 48.2 Å². The van der Waals surface area contributed by atoms with Gasteiger partial charge in [0.25, 0.3) is 0 Å². The Morgan fingerprint density at radius 3 is 2.36 bits per heavy atom. The van der Waals surface area contributed by atoms with Crippen LogP contribution in [0.4, 0.5) is 0 Å². The lowest BCUT2D eigenvalue weighted by atomic mass is 10.1. The molecule has 1 N–H and O–H groups in total. The Morgan fingerprint density at radius 2 is 1.93 bits per heavy atom. The molecule has 0 radical (unpaired) electrons. The van der Waals surface area contributed by atoms with Crippen LogP contribution in [0.3, 0.4) is 0 Å². The van der Waals surface area contributed by atoms with Gasteiger partial charge >= 0.3 is 0 Å². The van der Waals surface area contributed by atoms with Gasteiger partial charge in [-0.15, -0.1) is 0 Å². The molecule has 3 nitrogen and oxygen atoms in total. The molecule has 0 aliphatic carbocycles. The summed E-state index contributed by atoms with van der Waals surface area (Å²) in [6.45, 7) is 2.01. The Labute approximate surface area is 83.1 Å². The summed E-state index contributed by atoms with van der Waals surface area (Å²) in [5, 5.41) is 3.08. The molecule has 0 spiro atoms. The summed E-state index contributed by atoms with van der Waals surface area (Å²) in [6, 6.07) is 7.55. The van der Waals surface area contributed by atoms with Crippen LogP contribution in [0.5, 0.6) is 5.75 Å². The van der Waals surface area contributed by atoms with E-state index in [4.69, 9.17) is 4.74 Å². The fourth-order valence-corrected chi connectivity index (χ4v) is 1.47. The standard InChI is InChI=1S/C11H13NO2/c1-7-10(12-7)11(13)8-3-5-9(14-2)6-4-8/h3-7,10,12H,1-2H3/t7-,10+/m1/s1. The lowest BCUT2D eigenvalue weighted by Crippen LogP contribution is -2.10. The van der Waals surface area contributed by atoms with Crippen molar-refractivity contribution in [2.75, 3.05) is 7.11 Å². The fraction of sp³-hybridized carbons (Fsp3) is 0.364. The van der Waals surface area contributed by atoms with E-state index in [1.165, 1.54) is 0 Å². The molecule has 74 valence electrons. The van der Waals surface area contributed by atoms with Crippen LogP contribution in [0.15, 0.2) is 24.3 Å². The molecule has 2 rings (SSSR count). The van der Waals surface area contributed by atoms with Gasteiger partial charge in [-0.3, -0.25) is 4.79 Å². The number of carbonyl (C=O) groups excluding carboxylic acids is 1. The Balaban J connectivity index is 2.13. The minimum atomic E-state index is 0.0170. The van der Waals surface area contributed by atoms with E-state index in [9.17, 15) is 4.79 Å². The third-order valence-electron chi connectivity index (χ3n) is 2.49. The van der Waals surface area contributed by atoms with E-state index in [0.717, 1.165) is 11.3 Å². The summed E-state index contributed by atoms with van der Waals surface area (Å²) in [6.07, 6.45) is 0. The quantitative estimate of drug-likeness (QED) is 0.577. The number of hydrogen-bond donors (Lipinski definition) is 1. The van der Waals surface area contributed by atoms with Gasteiger partial charge < -0.3 is 10.1 Å². The van der Waals surface area contributed by atoms with Crippen LogP contribution in [0.2, 0.25) is 0 Å². The van der Waals surface area contributed by atoms with Crippen LogP contribution >= 0.6 is 0 Å². The van der Waals surface area contributed by atoms with E-state index >= 15 is 0 Å². The number of methoxy groups -OCH3 is 1. The largest absolute Gasteiger partial charge is 0.497 e. The number of ether oxygens (including phenoxy) is 1. The highest BCUT2D eigenvalue weighted by Crippen LogP contribution is 2.18. The molecule has 1 heterocycles. The summed E-state index contributed by atoms with van der Waals surface area (Å²) in [4.78, 5) is 11.7. The van der Waals surface area contributed by atoms with Gasteiger partial charge in [-0.1, -0.05) is 0 Å². The smallest absolute Gasteiger partial charge is 0.181 e. The normalized spacial score (nSPS) is 24.4. The second kappa shape index (κ2) is 3.42. The minimum absolute atomic E-state index is 0.0170. The van der Waals surface area contributed by atoms with Gasteiger partial charge in [0.2, 0.25) is 0 Å². The summed E-state index contributed by atoms with van der Waals surface area (Å²) in [5.74, 6) is 0.943. The molecule has 1 fully saturated rings. The van der Waals surface area contributed by atoms with Crippen molar-refractivity contribution in [1.29, 1.82) is 0 Å². The molecule has 0 aromatic heterocycles. The van der Waals surface area contributed by atoms with Crippen LogP contribution in [0, 0.1) is 0 Å². The lowest BCUT2D eigenvalue weighted by molar-refractivity contribution is 0.0988. The molecule has 1 aliphatic heterocycles. The first-order chi connectivity index (χ1) is 6.72. The average molecular weight is 191 g/mol. The van der Waals surface area contributed by atoms with Crippen molar-refractivity contribution in [3.63, 3.8) is 0 Å². The highest BCUT2D eigenvalue weighted by Gasteiger charge is 2.38. The van der Waals surface area contributed by atoms with Gasteiger partial charge in [0.15, 0.2) is 5.78 Å². The maximum Gasteiger partial charge on any atom is 0.181 e. The zero-order valence-corrected chi connectivity index (χ0v) is 8.28. The molecule has 3 heteroatoms. The molecule has 14 heavy (non-hydrogen) atoms. The van der Waals surface area contributed by atoms with Crippen molar-refractivity contribution in [2.45, 2.75) is 19.0 Å². The van der Waals surface area contributed by atoms with Crippen LogP contribution in [-0.4, -0.2) is 25.0 Å². The van der Waals surface area contributed by atoms with Gasteiger partial charge in [-0.25, -0.2) is 0 Å². The molecule has 0 saturated carbocycles. The van der Waals surface area contributed by atoms with Crippen molar-refractivity contribution in [1.82, 2.24) is 5.32 Å².